The zero-order valence-electron chi connectivity index (χ0n) is 10.2. The summed E-state index contributed by atoms with van der Waals surface area (Å²) < 4.78 is 5.47. The van der Waals surface area contributed by atoms with Crippen molar-refractivity contribution in [1.82, 2.24) is 4.37 Å². The number of hydrogen-bond acceptors (Lipinski definition) is 3. The summed E-state index contributed by atoms with van der Waals surface area (Å²) in [5.74, 6) is -0.771. The van der Waals surface area contributed by atoms with Gasteiger partial charge in [-0.1, -0.05) is 26.0 Å². The van der Waals surface area contributed by atoms with Crippen LogP contribution in [-0.4, -0.2) is 15.4 Å². The lowest BCUT2D eigenvalue weighted by Crippen LogP contribution is -2.22. The molecule has 0 radical (unpaired) electrons. The number of carbonyl (C=O) groups is 1. The standard InChI is InChI=1S/C13H15NO2S/c1-8-12-9(13(2,3)7-11(15)16)5-4-6-10(12)17-14-8/h4-6H,7H2,1-3H3,(H,15,16). The fraction of sp³-hybridized carbons (Fsp3) is 0.385. The molecule has 1 aromatic heterocycles. The predicted molar refractivity (Wildman–Crippen MR) is 69.6 cm³/mol. The molecular weight excluding hydrogens is 234 g/mol. The van der Waals surface area contributed by atoms with Crippen LogP contribution in [0.4, 0.5) is 0 Å². The highest BCUT2D eigenvalue weighted by Crippen LogP contribution is 2.35. The van der Waals surface area contributed by atoms with Crippen molar-refractivity contribution >= 4 is 27.6 Å². The van der Waals surface area contributed by atoms with Gasteiger partial charge in [-0.05, 0) is 30.1 Å². The van der Waals surface area contributed by atoms with Gasteiger partial charge in [-0.3, -0.25) is 4.79 Å². The highest BCUT2D eigenvalue weighted by molar-refractivity contribution is 7.13. The van der Waals surface area contributed by atoms with Crippen molar-refractivity contribution in [2.45, 2.75) is 32.6 Å². The summed E-state index contributed by atoms with van der Waals surface area (Å²) in [5, 5.41) is 10.1. The lowest BCUT2D eigenvalue weighted by atomic mass is 9.80. The van der Waals surface area contributed by atoms with Crippen LogP contribution in [0.2, 0.25) is 0 Å². The van der Waals surface area contributed by atoms with E-state index in [1.807, 2.05) is 39.0 Å². The summed E-state index contributed by atoms with van der Waals surface area (Å²) in [6.07, 6.45) is 0.126. The van der Waals surface area contributed by atoms with E-state index < -0.39 is 5.97 Å². The molecule has 0 unspecified atom stereocenters. The second-order valence-electron chi connectivity index (χ2n) is 4.90. The number of nitrogens with zero attached hydrogens (tertiary/aromatic N) is 1. The van der Waals surface area contributed by atoms with E-state index >= 15 is 0 Å². The molecule has 3 nitrogen and oxygen atoms in total. The molecule has 0 amide bonds. The number of rotatable bonds is 3. The van der Waals surface area contributed by atoms with Gasteiger partial charge in [0.2, 0.25) is 0 Å². The van der Waals surface area contributed by atoms with Gasteiger partial charge in [-0.15, -0.1) is 0 Å². The molecule has 0 bridgehead atoms. The highest BCUT2D eigenvalue weighted by atomic mass is 32.1. The van der Waals surface area contributed by atoms with Crippen LogP contribution < -0.4 is 0 Å². The Labute approximate surface area is 104 Å². The molecule has 1 heterocycles. The number of aliphatic carboxylic acids is 1. The fourth-order valence-corrected chi connectivity index (χ4v) is 3.00. The van der Waals surface area contributed by atoms with E-state index in [9.17, 15) is 4.79 Å². The molecule has 0 spiro atoms. The lowest BCUT2D eigenvalue weighted by molar-refractivity contribution is -0.138. The topological polar surface area (TPSA) is 50.2 Å². The minimum absolute atomic E-state index is 0.126. The van der Waals surface area contributed by atoms with Crippen LogP contribution in [0.5, 0.6) is 0 Å². The molecule has 0 atom stereocenters. The molecule has 1 N–H and O–H groups in total. The first-order valence-corrected chi connectivity index (χ1v) is 6.26. The van der Waals surface area contributed by atoms with E-state index in [1.165, 1.54) is 11.5 Å². The first-order chi connectivity index (χ1) is 7.92. The lowest BCUT2D eigenvalue weighted by Gasteiger charge is -2.24. The molecule has 0 aliphatic rings. The van der Waals surface area contributed by atoms with Crippen molar-refractivity contribution < 1.29 is 9.90 Å². The molecule has 17 heavy (non-hydrogen) atoms. The Hall–Kier alpha value is -1.42. The van der Waals surface area contributed by atoms with Crippen LogP contribution in [0.15, 0.2) is 18.2 Å². The molecule has 1 aromatic carbocycles. The molecule has 0 saturated carbocycles. The second-order valence-corrected chi connectivity index (χ2v) is 5.71. The van der Waals surface area contributed by atoms with Crippen LogP contribution in [0.1, 0.15) is 31.5 Å². The monoisotopic (exact) mass is 249 g/mol. The third kappa shape index (κ3) is 2.17. The van der Waals surface area contributed by atoms with Gasteiger partial charge in [0, 0.05) is 10.8 Å². The van der Waals surface area contributed by atoms with Crippen molar-refractivity contribution in [3.8, 4) is 0 Å². The molecule has 4 heteroatoms. The normalized spacial score (nSPS) is 11.9. The van der Waals surface area contributed by atoms with Crippen LogP contribution >= 0.6 is 11.5 Å². The number of aromatic nitrogens is 1. The van der Waals surface area contributed by atoms with E-state index in [0.717, 1.165) is 21.3 Å². The van der Waals surface area contributed by atoms with Gasteiger partial charge in [0.15, 0.2) is 0 Å². The Bertz CT molecular complexity index is 572. The first-order valence-electron chi connectivity index (χ1n) is 5.49. The molecule has 2 aromatic rings. The Balaban J connectivity index is 2.61. The summed E-state index contributed by atoms with van der Waals surface area (Å²) in [5.41, 5.74) is 1.68. The number of carboxylic acids is 1. The number of aryl methyl sites for hydroxylation is 1. The van der Waals surface area contributed by atoms with Crippen molar-refractivity contribution in [3.05, 3.63) is 29.5 Å². The van der Waals surface area contributed by atoms with Gasteiger partial charge >= 0.3 is 5.97 Å². The van der Waals surface area contributed by atoms with Gasteiger partial charge in [-0.2, -0.15) is 4.37 Å². The number of carboxylic acid groups (broad SMARTS) is 1. The van der Waals surface area contributed by atoms with Crippen molar-refractivity contribution in [2.24, 2.45) is 0 Å². The minimum Gasteiger partial charge on any atom is -0.481 e. The average Bonchev–Trinajstić information content (AvgIpc) is 2.59. The number of hydrogen-bond donors (Lipinski definition) is 1. The van der Waals surface area contributed by atoms with Gasteiger partial charge in [0.05, 0.1) is 16.8 Å². The summed E-state index contributed by atoms with van der Waals surface area (Å²) in [4.78, 5) is 10.9. The Morgan fingerprint density at radius 3 is 2.82 bits per heavy atom. The zero-order chi connectivity index (χ0) is 12.6. The van der Waals surface area contributed by atoms with E-state index in [2.05, 4.69) is 4.37 Å². The van der Waals surface area contributed by atoms with Crippen molar-refractivity contribution in [2.75, 3.05) is 0 Å². The molecule has 90 valence electrons. The number of fused-ring (bicyclic) bond motifs is 1. The van der Waals surface area contributed by atoms with Gasteiger partial charge < -0.3 is 5.11 Å². The molecular formula is C13H15NO2S. The summed E-state index contributed by atoms with van der Waals surface area (Å²) in [6, 6.07) is 6.01. The largest absolute Gasteiger partial charge is 0.481 e. The van der Waals surface area contributed by atoms with E-state index in [4.69, 9.17) is 5.11 Å². The molecule has 0 fully saturated rings. The van der Waals surface area contributed by atoms with Gasteiger partial charge in [0.1, 0.15) is 0 Å². The number of benzene rings is 1. The van der Waals surface area contributed by atoms with E-state index in [0.29, 0.717) is 0 Å². The Morgan fingerprint density at radius 1 is 1.47 bits per heavy atom. The van der Waals surface area contributed by atoms with Crippen LogP contribution in [-0.2, 0) is 10.2 Å². The van der Waals surface area contributed by atoms with E-state index in [1.54, 1.807) is 0 Å². The minimum atomic E-state index is -0.771. The third-order valence-electron chi connectivity index (χ3n) is 2.99. The zero-order valence-corrected chi connectivity index (χ0v) is 11.0. The molecule has 0 saturated heterocycles. The molecule has 2 rings (SSSR count). The molecule has 0 aliphatic heterocycles. The van der Waals surface area contributed by atoms with Crippen LogP contribution in [0, 0.1) is 6.92 Å². The van der Waals surface area contributed by atoms with Crippen LogP contribution in [0.3, 0.4) is 0 Å². The summed E-state index contributed by atoms with van der Waals surface area (Å²) in [7, 11) is 0. The van der Waals surface area contributed by atoms with Crippen LogP contribution in [0.25, 0.3) is 10.1 Å². The average molecular weight is 249 g/mol. The van der Waals surface area contributed by atoms with Crippen molar-refractivity contribution in [3.63, 3.8) is 0 Å². The predicted octanol–water partition coefficient (Wildman–Crippen LogP) is 3.36. The quantitative estimate of drug-likeness (QED) is 0.907. The maximum atomic E-state index is 10.9. The first kappa shape index (κ1) is 12.0. The molecule has 0 aliphatic carbocycles. The third-order valence-corrected chi connectivity index (χ3v) is 3.89. The maximum Gasteiger partial charge on any atom is 0.304 e. The fourth-order valence-electron chi connectivity index (χ4n) is 2.18. The van der Waals surface area contributed by atoms with Gasteiger partial charge in [0.25, 0.3) is 0 Å². The summed E-state index contributed by atoms with van der Waals surface area (Å²) in [6.45, 7) is 5.90. The SMILES string of the molecule is Cc1nsc2cccc(C(C)(C)CC(=O)O)c12. The maximum absolute atomic E-state index is 10.9. The Morgan fingerprint density at radius 2 is 2.18 bits per heavy atom. The second kappa shape index (κ2) is 4.11. The smallest absolute Gasteiger partial charge is 0.304 e. The highest BCUT2D eigenvalue weighted by Gasteiger charge is 2.27. The van der Waals surface area contributed by atoms with E-state index in [-0.39, 0.29) is 11.8 Å². The summed E-state index contributed by atoms with van der Waals surface area (Å²) >= 11 is 1.47. The Kier molecular flexibility index (Phi) is 2.91. The van der Waals surface area contributed by atoms with Gasteiger partial charge in [-0.25, -0.2) is 0 Å². The van der Waals surface area contributed by atoms with Crippen molar-refractivity contribution in [1.29, 1.82) is 0 Å².